The molecule has 4 nitrogen and oxygen atoms in total. The first-order chi connectivity index (χ1) is 12.7. The third-order valence-corrected chi connectivity index (χ3v) is 6.18. The molecule has 0 radical (unpaired) electrons. The van der Waals surface area contributed by atoms with Crippen LogP contribution < -0.4 is 0 Å². The predicted molar refractivity (Wildman–Crippen MR) is 102 cm³/mol. The van der Waals surface area contributed by atoms with Crippen LogP contribution >= 0.6 is 0 Å². The number of aromatic nitrogens is 2. The van der Waals surface area contributed by atoms with Crippen LogP contribution in [0.4, 0.5) is 0 Å². The second-order valence-corrected chi connectivity index (χ2v) is 7.61. The third kappa shape index (κ3) is 2.36. The summed E-state index contributed by atoms with van der Waals surface area (Å²) in [5, 5.41) is 0. The SMILES string of the molecule is Cn1cnc2cc(C(=O)N3CCC[C@@H]4c5ccccc5CC[C@@H]43)ccc21. The highest BCUT2D eigenvalue weighted by atomic mass is 16.2. The molecule has 2 aliphatic rings. The molecule has 3 aromatic rings. The molecule has 1 aliphatic carbocycles. The molecule has 0 unspecified atom stereocenters. The quantitative estimate of drug-likeness (QED) is 0.671. The standard InChI is InChI=1S/C22H23N3O/c1-24-14-23-19-13-16(9-11-21(19)24)22(26)25-12-4-7-18-17-6-3-2-5-15(17)8-10-20(18)25/h2-3,5-6,9,11,13-14,18,20H,4,7-8,10,12H2,1H3/t18-,20+/m1/s1. The van der Waals surface area contributed by atoms with Crippen molar-refractivity contribution in [3.8, 4) is 0 Å². The zero-order valence-electron chi connectivity index (χ0n) is 15.1. The van der Waals surface area contributed by atoms with E-state index in [0.29, 0.717) is 12.0 Å². The van der Waals surface area contributed by atoms with Crippen LogP contribution in [0.15, 0.2) is 48.8 Å². The molecule has 4 heteroatoms. The Labute approximate surface area is 153 Å². The number of likely N-dealkylation sites (tertiary alicyclic amines) is 1. The highest BCUT2D eigenvalue weighted by molar-refractivity contribution is 5.97. The van der Waals surface area contributed by atoms with Crippen LogP contribution in [0.3, 0.4) is 0 Å². The second kappa shape index (κ2) is 5.97. The summed E-state index contributed by atoms with van der Waals surface area (Å²) >= 11 is 0. The van der Waals surface area contributed by atoms with Crippen LogP contribution in [0.25, 0.3) is 11.0 Å². The van der Waals surface area contributed by atoms with Gasteiger partial charge in [-0.05, 0) is 55.0 Å². The number of amides is 1. The van der Waals surface area contributed by atoms with Gasteiger partial charge in [-0.25, -0.2) is 4.98 Å². The summed E-state index contributed by atoms with van der Waals surface area (Å²) in [4.78, 5) is 19.9. The minimum atomic E-state index is 0.159. The molecule has 26 heavy (non-hydrogen) atoms. The van der Waals surface area contributed by atoms with E-state index in [1.807, 2.05) is 29.8 Å². The predicted octanol–water partition coefficient (Wildman–Crippen LogP) is 3.91. The van der Waals surface area contributed by atoms with E-state index in [1.165, 1.54) is 17.5 Å². The van der Waals surface area contributed by atoms with E-state index >= 15 is 0 Å². The molecule has 1 saturated heterocycles. The first-order valence-electron chi connectivity index (χ1n) is 9.52. The molecular weight excluding hydrogens is 322 g/mol. The number of carbonyl (C=O) groups excluding carboxylic acids is 1. The van der Waals surface area contributed by atoms with Crippen LogP contribution in [-0.4, -0.2) is 32.9 Å². The van der Waals surface area contributed by atoms with Crippen molar-refractivity contribution in [3.05, 3.63) is 65.5 Å². The van der Waals surface area contributed by atoms with Crippen LogP contribution in [0.5, 0.6) is 0 Å². The lowest BCUT2D eigenvalue weighted by atomic mass is 9.74. The van der Waals surface area contributed by atoms with E-state index in [0.717, 1.165) is 42.4 Å². The van der Waals surface area contributed by atoms with Gasteiger partial charge in [-0.3, -0.25) is 4.79 Å². The molecule has 1 amide bonds. The lowest BCUT2D eigenvalue weighted by Crippen LogP contribution is -2.49. The first-order valence-corrected chi connectivity index (χ1v) is 9.52. The molecule has 0 N–H and O–H groups in total. The summed E-state index contributed by atoms with van der Waals surface area (Å²) < 4.78 is 1.98. The van der Waals surface area contributed by atoms with Crippen molar-refractivity contribution in [1.29, 1.82) is 0 Å². The van der Waals surface area contributed by atoms with E-state index in [4.69, 9.17) is 0 Å². The van der Waals surface area contributed by atoms with Gasteiger partial charge in [0.2, 0.25) is 0 Å². The molecule has 2 heterocycles. The monoisotopic (exact) mass is 345 g/mol. The van der Waals surface area contributed by atoms with E-state index < -0.39 is 0 Å². The van der Waals surface area contributed by atoms with E-state index in [-0.39, 0.29) is 5.91 Å². The summed E-state index contributed by atoms with van der Waals surface area (Å²) in [5.74, 6) is 0.642. The summed E-state index contributed by atoms with van der Waals surface area (Å²) in [6.45, 7) is 0.864. The Balaban J connectivity index is 1.48. The fourth-order valence-electron chi connectivity index (χ4n) is 4.89. The smallest absolute Gasteiger partial charge is 0.254 e. The Hall–Kier alpha value is -2.62. The normalized spacial score (nSPS) is 22.1. The number of piperidine rings is 1. The molecule has 2 aromatic carbocycles. The van der Waals surface area contributed by atoms with Gasteiger partial charge < -0.3 is 9.47 Å². The largest absolute Gasteiger partial charge is 0.335 e. The Morgan fingerprint density at radius 1 is 1.15 bits per heavy atom. The number of hydrogen-bond donors (Lipinski definition) is 0. The van der Waals surface area contributed by atoms with Crippen molar-refractivity contribution in [2.45, 2.75) is 37.6 Å². The maximum atomic E-state index is 13.3. The van der Waals surface area contributed by atoms with Gasteiger partial charge in [-0.15, -0.1) is 0 Å². The minimum Gasteiger partial charge on any atom is -0.335 e. The number of imidazole rings is 1. The summed E-state index contributed by atoms with van der Waals surface area (Å²) in [5.41, 5.74) is 5.64. The molecule has 0 spiro atoms. The molecule has 0 saturated carbocycles. The topological polar surface area (TPSA) is 38.1 Å². The zero-order valence-corrected chi connectivity index (χ0v) is 15.1. The van der Waals surface area contributed by atoms with Gasteiger partial charge in [0.1, 0.15) is 0 Å². The van der Waals surface area contributed by atoms with Crippen molar-refractivity contribution in [2.24, 2.45) is 7.05 Å². The Bertz CT molecular complexity index is 990. The van der Waals surface area contributed by atoms with Crippen LogP contribution in [0.1, 0.15) is 46.7 Å². The average Bonchev–Trinajstić information content (AvgIpc) is 3.07. The van der Waals surface area contributed by atoms with Crippen molar-refractivity contribution in [3.63, 3.8) is 0 Å². The average molecular weight is 345 g/mol. The van der Waals surface area contributed by atoms with Crippen LogP contribution in [0.2, 0.25) is 0 Å². The number of nitrogens with zero attached hydrogens (tertiary/aromatic N) is 3. The van der Waals surface area contributed by atoms with Gasteiger partial charge in [0.25, 0.3) is 5.91 Å². The molecular formula is C22H23N3O. The van der Waals surface area contributed by atoms with Crippen LogP contribution in [-0.2, 0) is 13.5 Å². The molecule has 1 fully saturated rings. The number of carbonyl (C=O) groups is 1. The van der Waals surface area contributed by atoms with Gasteiger partial charge in [-0.1, -0.05) is 24.3 Å². The van der Waals surface area contributed by atoms with E-state index in [9.17, 15) is 4.79 Å². The van der Waals surface area contributed by atoms with Gasteiger partial charge in [-0.2, -0.15) is 0 Å². The van der Waals surface area contributed by atoms with Crippen molar-refractivity contribution < 1.29 is 4.79 Å². The number of rotatable bonds is 1. The molecule has 1 aliphatic heterocycles. The fraction of sp³-hybridized carbons (Fsp3) is 0.364. The van der Waals surface area contributed by atoms with Crippen molar-refractivity contribution in [1.82, 2.24) is 14.5 Å². The Morgan fingerprint density at radius 3 is 2.96 bits per heavy atom. The van der Waals surface area contributed by atoms with Gasteiger partial charge >= 0.3 is 0 Å². The highest BCUT2D eigenvalue weighted by Gasteiger charge is 2.38. The summed E-state index contributed by atoms with van der Waals surface area (Å²) in [7, 11) is 1.98. The maximum Gasteiger partial charge on any atom is 0.254 e. The zero-order chi connectivity index (χ0) is 17.7. The summed E-state index contributed by atoms with van der Waals surface area (Å²) in [6.07, 6.45) is 6.20. The van der Waals surface area contributed by atoms with E-state index in [1.54, 1.807) is 6.33 Å². The lowest BCUT2D eigenvalue weighted by molar-refractivity contribution is 0.0547. The lowest BCUT2D eigenvalue weighted by Gasteiger charge is -2.45. The molecule has 2 atom stereocenters. The highest BCUT2D eigenvalue weighted by Crippen LogP contribution is 2.41. The molecule has 132 valence electrons. The molecule has 1 aromatic heterocycles. The number of benzene rings is 2. The third-order valence-electron chi connectivity index (χ3n) is 6.18. The second-order valence-electron chi connectivity index (χ2n) is 7.61. The van der Waals surface area contributed by atoms with Gasteiger partial charge in [0.15, 0.2) is 0 Å². The molecule has 0 bridgehead atoms. The Kier molecular flexibility index (Phi) is 3.59. The van der Waals surface area contributed by atoms with Crippen molar-refractivity contribution >= 4 is 16.9 Å². The molecule has 5 rings (SSSR count). The first kappa shape index (κ1) is 15.6. The number of hydrogen-bond acceptors (Lipinski definition) is 2. The number of fused-ring (bicyclic) bond motifs is 4. The van der Waals surface area contributed by atoms with Crippen LogP contribution in [0, 0.1) is 0 Å². The van der Waals surface area contributed by atoms with Gasteiger partial charge in [0, 0.05) is 31.1 Å². The van der Waals surface area contributed by atoms with Gasteiger partial charge in [0.05, 0.1) is 17.4 Å². The maximum absolute atomic E-state index is 13.3. The Morgan fingerprint density at radius 2 is 2.04 bits per heavy atom. The minimum absolute atomic E-state index is 0.159. The van der Waals surface area contributed by atoms with E-state index in [2.05, 4.69) is 34.1 Å². The van der Waals surface area contributed by atoms with Crippen molar-refractivity contribution in [2.75, 3.05) is 6.54 Å². The fourth-order valence-corrected chi connectivity index (χ4v) is 4.89. The summed E-state index contributed by atoms with van der Waals surface area (Å²) in [6, 6.07) is 15.0. The number of aryl methyl sites for hydroxylation is 2.